The van der Waals surface area contributed by atoms with E-state index in [0.717, 1.165) is 106 Å². The largest absolute Gasteiger partial charge is 0.457 e. The number of benzene rings is 12. The van der Waals surface area contributed by atoms with Gasteiger partial charge in [-0.2, -0.15) is 26.3 Å². The minimum absolute atomic E-state index is 0.102. The summed E-state index contributed by atoms with van der Waals surface area (Å²) in [6.45, 7) is 52.5. The van der Waals surface area contributed by atoms with Crippen LogP contribution in [0.4, 0.5) is 26.3 Å². The molecular weight excluding hydrogens is 1440 g/mol. The highest BCUT2D eigenvalue weighted by Crippen LogP contribution is 2.56. The van der Waals surface area contributed by atoms with Crippen LogP contribution in [0, 0.1) is 0 Å². The number of hydrogen-bond acceptors (Lipinski definition) is 6. The van der Waals surface area contributed by atoms with Crippen LogP contribution < -0.4 is 28.4 Å². The molecule has 0 unspecified atom stereocenters. The Balaban J connectivity index is -0.00000144. The van der Waals surface area contributed by atoms with Crippen molar-refractivity contribution in [2.24, 2.45) is 0 Å². The summed E-state index contributed by atoms with van der Waals surface area (Å²) in [5.41, 5.74) is -1.60. The maximum absolute atomic E-state index is 14.4. The average Bonchev–Trinajstić information content (AvgIpc) is 0.717. The molecule has 12 rings (SSSR count). The maximum Gasteiger partial charge on any atom is 0.411 e. The van der Waals surface area contributed by atoms with Gasteiger partial charge in [0.2, 0.25) is 5.41 Å². The Morgan fingerprint density at radius 3 is 0.421 bits per heavy atom. The fourth-order valence-corrected chi connectivity index (χ4v) is 9.75. The fourth-order valence-electron chi connectivity index (χ4n) is 9.75. The van der Waals surface area contributed by atoms with E-state index in [-0.39, 0.29) is 16.9 Å². The summed E-state index contributed by atoms with van der Waals surface area (Å²) in [6, 6.07) is 96.2. The zero-order valence-electron chi connectivity index (χ0n) is 72.9. The third kappa shape index (κ3) is 36.2. The van der Waals surface area contributed by atoms with Crippen LogP contribution in [-0.2, 0) is 10.8 Å². The quantitative estimate of drug-likeness (QED) is 0.0847. The summed E-state index contributed by atoms with van der Waals surface area (Å²) in [4.78, 5) is 0. The van der Waals surface area contributed by atoms with Crippen molar-refractivity contribution in [3.63, 3.8) is 0 Å². The van der Waals surface area contributed by atoms with Crippen LogP contribution in [0.3, 0.4) is 0 Å². The van der Waals surface area contributed by atoms with Crippen molar-refractivity contribution in [1.29, 1.82) is 0 Å². The summed E-state index contributed by atoms with van der Waals surface area (Å²) in [7, 11) is 0. The summed E-state index contributed by atoms with van der Waals surface area (Å²) in [5, 5.41) is 0. The van der Waals surface area contributed by atoms with E-state index in [4.69, 9.17) is 28.4 Å². The molecule has 12 heteroatoms. The van der Waals surface area contributed by atoms with Crippen molar-refractivity contribution in [3.05, 3.63) is 350 Å². The lowest BCUT2D eigenvalue weighted by molar-refractivity contribution is -0.288. The van der Waals surface area contributed by atoms with Gasteiger partial charge < -0.3 is 28.4 Å². The van der Waals surface area contributed by atoms with Crippen LogP contribution in [0.2, 0.25) is 0 Å². The first-order valence-corrected chi connectivity index (χ1v) is 40.7. The van der Waals surface area contributed by atoms with E-state index in [9.17, 15) is 26.3 Å². The summed E-state index contributed by atoms with van der Waals surface area (Å²) >= 11 is 0. The van der Waals surface area contributed by atoms with E-state index in [1.54, 1.807) is 60.7 Å². The van der Waals surface area contributed by atoms with E-state index < -0.39 is 28.9 Å². The molecule has 0 bridgehead atoms. The van der Waals surface area contributed by atoms with Gasteiger partial charge in [-0.1, -0.05) is 362 Å². The third-order valence-electron chi connectivity index (χ3n) is 14.5. The standard InChI is InChI=1S/C27H18F6O2.C27H24O2.C24H18O2.12C2H6/c28-26(29,30)25(27(31,32)33,19-11-15-23(16-12-19)34-21-7-3-1-4-8-21)20-13-17-24(18-14-20)35-22-9-5-2-6-10-22;1-27(2,21-13-17-25(18-14-21)28-23-9-5-3-6-10-23)22-15-19-26(20-16-22)29-24-11-7-4-8-12-24;1-3-7-21(8-4-1)25-23-15-11-19(12-16-23)20-13-17-24(18-14-20)26-22-9-5-2-6-10-22;12*1-2/h1-18H;3-20H,1-2H3;1-18H;12*1-2H3. The first kappa shape index (κ1) is 107. The monoisotopic (exact) mass is 1570 g/mol. The number of rotatable bonds is 17. The highest BCUT2D eigenvalue weighted by molar-refractivity contribution is 5.65. The summed E-state index contributed by atoms with van der Waals surface area (Å²) in [6.07, 6.45) is -11.4. The highest BCUT2D eigenvalue weighted by Gasteiger charge is 2.72. The number of halogens is 6. The topological polar surface area (TPSA) is 55.4 Å². The molecule has 0 aromatic heterocycles. The molecule has 12 aromatic rings. The molecule has 0 saturated heterocycles. The Kier molecular flexibility index (Phi) is 60.7. The lowest BCUT2D eigenvalue weighted by atomic mass is 9.73. The van der Waals surface area contributed by atoms with Crippen LogP contribution >= 0.6 is 0 Å². The van der Waals surface area contributed by atoms with E-state index in [1.165, 1.54) is 11.1 Å². The van der Waals surface area contributed by atoms with Gasteiger partial charge in [-0.25, -0.2) is 0 Å². The molecule has 618 valence electrons. The van der Waals surface area contributed by atoms with Crippen molar-refractivity contribution in [2.45, 2.75) is 203 Å². The van der Waals surface area contributed by atoms with Crippen molar-refractivity contribution in [1.82, 2.24) is 0 Å². The lowest BCUT2D eigenvalue weighted by Gasteiger charge is -2.38. The van der Waals surface area contributed by atoms with Crippen molar-refractivity contribution in [2.75, 3.05) is 0 Å². The molecular formula is C102H132F6O6. The van der Waals surface area contributed by atoms with Gasteiger partial charge in [-0.05, 0) is 179 Å². The van der Waals surface area contributed by atoms with E-state index in [0.29, 0.717) is 11.5 Å². The second kappa shape index (κ2) is 64.5. The first-order valence-electron chi connectivity index (χ1n) is 40.7. The molecule has 0 aliphatic rings. The Morgan fingerprint density at radius 2 is 0.281 bits per heavy atom. The van der Waals surface area contributed by atoms with Gasteiger partial charge in [0.05, 0.1) is 0 Å². The van der Waals surface area contributed by atoms with E-state index >= 15 is 0 Å². The number of hydrogen-bond donors (Lipinski definition) is 0. The molecule has 0 heterocycles. The second-order valence-corrected chi connectivity index (χ2v) is 21.0. The van der Waals surface area contributed by atoms with E-state index in [1.807, 2.05) is 336 Å². The Hall–Kier alpha value is -11.0. The molecule has 114 heavy (non-hydrogen) atoms. The molecule has 0 atom stereocenters. The van der Waals surface area contributed by atoms with Crippen LogP contribution in [0.5, 0.6) is 69.0 Å². The molecule has 6 nitrogen and oxygen atoms in total. The average molecular weight is 1570 g/mol. The van der Waals surface area contributed by atoms with Gasteiger partial charge in [0.25, 0.3) is 0 Å². The van der Waals surface area contributed by atoms with Crippen molar-refractivity contribution in [3.8, 4) is 80.1 Å². The van der Waals surface area contributed by atoms with Crippen LogP contribution in [0.25, 0.3) is 11.1 Å². The molecule has 0 radical (unpaired) electrons. The summed E-state index contributed by atoms with van der Waals surface area (Å²) < 4.78 is 121. The van der Waals surface area contributed by atoms with Gasteiger partial charge in [-0.15, -0.1) is 0 Å². The van der Waals surface area contributed by atoms with Gasteiger partial charge in [0.1, 0.15) is 69.0 Å². The van der Waals surface area contributed by atoms with Crippen molar-refractivity contribution >= 4 is 0 Å². The smallest absolute Gasteiger partial charge is 0.411 e. The molecule has 0 N–H and O–H groups in total. The molecule has 0 saturated carbocycles. The van der Waals surface area contributed by atoms with Gasteiger partial charge in [0, 0.05) is 5.41 Å². The summed E-state index contributed by atoms with van der Waals surface area (Å²) in [5.74, 6) is 7.67. The number of alkyl halides is 6. The fraction of sp³-hybridized carbons (Fsp3) is 0.294. The third-order valence-corrected chi connectivity index (χ3v) is 14.5. The van der Waals surface area contributed by atoms with Crippen LogP contribution in [0.1, 0.15) is 202 Å². The zero-order chi connectivity index (χ0) is 86.8. The predicted octanol–water partition coefficient (Wildman–Crippen LogP) is 35.5. The molecule has 0 aliphatic heterocycles. The van der Waals surface area contributed by atoms with Crippen LogP contribution in [-0.4, -0.2) is 12.4 Å². The Labute approximate surface area is 684 Å². The van der Waals surface area contributed by atoms with Crippen molar-refractivity contribution < 1.29 is 54.8 Å². The number of para-hydroxylation sites is 6. The second-order valence-electron chi connectivity index (χ2n) is 21.0. The molecule has 0 spiro atoms. The predicted molar refractivity (Wildman–Crippen MR) is 478 cm³/mol. The maximum atomic E-state index is 14.4. The minimum atomic E-state index is -5.69. The number of ether oxygens (including phenoxy) is 6. The molecule has 0 fully saturated rings. The molecule has 0 amide bonds. The Morgan fingerprint density at radius 1 is 0.158 bits per heavy atom. The van der Waals surface area contributed by atoms with Gasteiger partial charge >= 0.3 is 12.4 Å². The van der Waals surface area contributed by atoms with Gasteiger partial charge in [0.15, 0.2) is 0 Å². The lowest BCUT2D eigenvalue weighted by Crippen LogP contribution is -2.54. The van der Waals surface area contributed by atoms with Gasteiger partial charge in [-0.3, -0.25) is 0 Å². The SMILES string of the molecule is CC.CC.CC.CC.CC.CC.CC.CC.CC.CC.CC.CC.CC(C)(c1ccc(Oc2ccccc2)cc1)c1ccc(Oc2ccccc2)cc1.FC(F)(F)C(c1ccc(Oc2ccccc2)cc1)(c1ccc(Oc2ccccc2)cc1)C(F)(F)F.c1ccc(Oc2ccc(-c3ccc(Oc4ccccc4)cc3)cc2)cc1. The minimum Gasteiger partial charge on any atom is -0.457 e. The van der Waals surface area contributed by atoms with E-state index in [2.05, 4.69) is 62.4 Å². The zero-order valence-corrected chi connectivity index (χ0v) is 72.9. The highest BCUT2D eigenvalue weighted by atomic mass is 19.4. The van der Waals surface area contributed by atoms with Crippen LogP contribution in [0.15, 0.2) is 328 Å². The first-order chi connectivity index (χ1) is 55.6. The molecule has 0 aliphatic carbocycles. The Bertz CT molecular complexity index is 3820. The normalized spacial score (nSPS) is 9.58. The molecule has 12 aromatic carbocycles.